The Morgan fingerprint density at radius 2 is 0.900 bits per heavy atom. The van der Waals surface area contributed by atoms with E-state index in [1.807, 2.05) is 0 Å². The van der Waals surface area contributed by atoms with Crippen LogP contribution in [0.3, 0.4) is 0 Å². The average molecular weight is 220 g/mol. The summed E-state index contributed by atoms with van der Waals surface area (Å²) in [4.78, 5) is 0. The Bertz CT molecular complexity index is 73.3. The van der Waals surface area contributed by atoms with Crippen LogP contribution in [0.2, 0.25) is 0 Å². The monoisotopic (exact) mass is 220 g/mol. The van der Waals surface area contributed by atoms with E-state index in [-0.39, 0.29) is 20.9 Å². The zero-order chi connectivity index (χ0) is 7.15. The zero-order valence-corrected chi connectivity index (χ0v) is 8.70. The minimum atomic E-state index is 0. The fourth-order valence-corrected chi connectivity index (χ4v) is 0. The molecule has 4 nitrogen and oxygen atoms in total. The number of thiocarbonyl (C=S) groups is 2. The van der Waals surface area contributed by atoms with Gasteiger partial charge in [-0.15, -0.1) is 25.3 Å². The number of hydrogen-bond acceptors (Lipinski definition) is 4. The molecule has 0 heterocycles. The lowest BCUT2D eigenvalue weighted by molar-refractivity contribution is 1.91. The van der Waals surface area contributed by atoms with Gasteiger partial charge in [-0.3, -0.25) is 0 Å². The second kappa shape index (κ2) is 16.2. The summed E-state index contributed by atoms with van der Waals surface area (Å²) in [6.07, 6.45) is 0. The summed E-state index contributed by atoms with van der Waals surface area (Å²) < 4.78 is 0.389. The minimum absolute atomic E-state index is 0. The topological polar surface area (TPSA) is 122 Å². The van der Waals surface area contributed by atoms with Crippen LogP contribution >= 0.6 is 49.7 Å². The van der Waals surface area contributed by atoms with Crippen molar-refractivity contribution in [3.8, 4) is 0 Å². The molecule has 0 saturated carbocycles. The molecule has 0 unspecified atom stereocenters. The SMILES string of the molecule is N.N.NC(=S)S.NC(=S)S. The van der Waals surface area contributed by atoms with Crippen molar-refractivity contribution in [2.75, 3.05) is 0 Å². The molecule has 0 aromatic rings. The molecule has 0 fully saturated rings. The molecule has 0 aromatic carbocycles. The predicted octanol–water partition coefficient (Wildman–Crippen LogP) is 0.644. The summed E-state index contributed by atoms with van der Waals surface area (Å²) in [5.74, 6) is 0. The predicted molar refractivity (Wildman–Crippen MR) is 61.6 cm³/mol. The highest BCUT2D eigenvalue weighted by Gasteiger charge is 1.56. The van der Waals surface area contributed by atoms with Crippen molar-refractivity contribution in [3.63, 3.8) is 0 Å². The zero-order valence-electron chi connectivity index (χ0n) is 5.28. The molecule has 0 atom stereocenters. The highest BCUT2D eigenvalue weighted by atomic mass is 32.1. The summed E-state index contributed by atoms with van der Waals surface area (Å²) in [5.41, 5.74) is 9.41. The van der Waals surface area contributed by atoms with Crippen molar-refractivity contribution < 1.29 is 0 Å². The maximum atomic E-state index is 4.71. The lowest BCUT2D eigenvalue weighted by Gasteiger charge is -1.64. The van der Waals surface area contributed by atoms with E-state index in [0.29, 0.717) is 0 Å². The first kappa shape index (κ1) is 22.4. The van der Waals surface area contributed by atoms with Gasteiger partial charge in [0.1, 0.15) is 8.64 Å². The molecule has 0 rings (SSSR count). The Labute approximate surface area is 82.1 Å². The van der Waals surface area contributed by atoms with E-state index >= 15 is 0 Å². The van der Waals surface area contributed by atoms with Gasteiger partial charge in [0.2, 0.25) is 0 Å². The van der Waals surface area contributed by atoms with Crippen LogP contribution in [-0.4, -0.2) is 8.64 Å². The van der Waals surface area contributed by atoms with E-state index in [4.69, 9.17) is 11.5 Å². The molecule has 0 bridgehead atoms. The molecule has 8 heteroatoms. The van der Waals surface area contributed by atoms with Crippen LogP contribution in [0, 0.1) is 0 Å². The van der Waals surface area contributed by atoms with E-state index in [1.165, 1.54) is 0 Å². The quantitative estimate of drug-likeness (QED) is 0.263. The maximum Gasteiger partial charge on any atom is 0.128 e. The Morgan fingerprint density at radius 1 is 0.900 bits per heavy atom. The minimum Gasteiger partial charge on any atom is -0.385 e. The second-order valence-electron chi connectivity index (χ2n) is 0.676. The average Bonchev–Trinajstić information content (AvgIpc) is 1.25. The Hall–Kier alpha value is 0.400. The van der Waals surface area contributed by atoms with Crippen molar-refractivity contribution in [1.29, 1.82) is 0 Å². The molecule has 0 aliphatic rings. The summed E-state index contributed by atoms with van der Waals surface area (Å²) in [6.45, 7) is 0. The fraction of sp³-hybridized carbons (Fsp3) is 0. The lowest BCUT2D eigenvalue weighted by Crippen LogP contribution is -1.94. The molecule has 0 amide bonds. The summed E-state index contributed by atoms with van der Waals surface area (Å²) in [7, 11) is 0. The second-order valence-corrected chi connectivity index (χ2v) is 3.12. The smallest absolute Gasteiger partial charge is 0.128 e. The van der Waals surface area contributed by atoms with Crippen LogP contribution in [0.25, 0.3) is 0 Å². The molecular formula is C2H12N4S4. The summed E-state index contributed by atoms with van der Waals surface area (Å²) >= 11 is 15.3. The van der Waals surface area contributed by atoms with Crippen LogP contribution in [0.1, 0.15) is 0 Å². The van der Waals surface area contributed by atoms with Gasteiger partial charge in [0.05, 0.1) is 0 Å². The van der Waals surface area contributed by atoms with E-state index in [0.717, 1.165) is 0 Å². The number of thiol groups is 2. The Balaban J connectivity index is -0.0000000300. The molecule has 0 aliphatic heterocycles. The van der Waals surface area contributed by atoms with Crippen LogP contribution in [0.4, 0.5) is 0 Å². The molecule has 0 spiro atoms. The van der Waals surface area contributed by atoms with Crippen LogP contribution in [0.15, 0.2) is 0 Å². The highest BCUT2D eigenvalue weighted by Crippen LogP contribution is 1.63. The van der Waals surface area contributed by atoms with Gasteiger partial charge >= 0.3 is 0 Å². The molecule has 64 valence electrons. The lowest BCUT2D eigenvalue weighted by atomic mass is 11.5. The Morgan fingerprint density at radius 3 is 0.900 bits per heavy atom. The van der Waals surface area contributed by atoms with E-state index in [9.17, 15) is 0 Å². The van der Waals surface area contributed by atoms with Crippen molar-refractivity contribution in [2.45, 2.75) is 0 Å². The van der Waals surface area contributed by atoms with Crippen LogP contribution in [0.5, 0.6) is 0 Å². The largest absolute Gasteiger partial charge is 0.385 e. The van der Waals surface area contributed by atoms with Crippen molar-refractivity contribution in [2.24, 2.45) is 11.5 Å². The molecule has 0 aromatic heterocycles. The van der Waals surface area contributed by atoms with Crippen molar-refractivity contribution >= 4 is 58.3 Å². The number of rotatable bonds is 0. The Kier molecular flexibility index (Phi) is 36.3. The number of hydrogen-bond donors (Lipinski definition) is 6. The van der Waals surface area contributed by atoms with Gasteiger partial charge < -0.3 is 23.8 Å². The van der Waals surface area contributed by atoms with Gasteiger partial charge in [-0.05, 0) is 0 Å². The molecule has 0 radical (unpaired) electrons. The van der Waals surface area contributed by atoms with Crippen molar-refractivity contribution in [3.05, 3.63) is 0 Å². The highest BCUT2D eigenvalue weighted by molar-refractivity contribution is 8.11. The standard InChI is InChI=1S/2CH3NS2.2H3N/c2*2-1(3)4;;/h2*(H3,2,3,4);2*1H3. The van der Waals surface area contributed by atoms with Crippen molar-refractivity contribution in [1.82, 2.24) is 12.3 Å². The van der Waals surface area contributed by atoms with Crippen LogP contribution < -0.4 is 23.8 Å². The molecule has 0 saturated heterocycles. The van der Waals surface area contributed by atoms with Crippen LogP contribution in [-0.2, 0) is 0 Å². The first-order valence-corrected chi connectivity index (χ1v) is 3.14. The van der Waals surface area contributed by atoms with Gasteiger partial charge in [0, 0.05) is 0 Å². The maximum absolute atomic E-state index is 4.71. The van der Waals surface area contributed by atoms with Gasteiger partial charge in [-0.2, -0.15) is 0 Å². The first-order valence-electron chi connectivity index (χ1n) is 1.43. The molecule has 10 N–H and O–H groups in total. The van der Waals surface area contributed by atoms with Gasteiger partial charge in [-0.25, -0.2) is 0 Å². The van der Waals surface area contributed by atoms with Gasteiger partial charge in [-0.1, -0.05) is 24.4 Å². The van der Waals surface area contributed by atoms with E-state index < -0.39 is 0 Å². The molecule has 10 heavy (non-hydrogen) atoms. The third kappa shape index (κ3) is 2870. The van der Waals surface area contributed by atoms with E-state index in [2.05, 4.69) is 49.7 Å². The fourth-order valence-electron chi connectivity index (χ4n) is 0. The molecule has 0 aliphatic carbocycles. The van der Waals surface area contributed by atoms with Gasteiger partial charge in [0.25, 0.3) is 0 Å². The third-order valence-corrected chi connectivity index (χ3v) is 0. The molecular weight excluding hydrogens is 208 g/mol. The first-order chi connectivity index (χ1) is 3.46. The number of nitrogens with two attached hydrogens (primary N) is 2. The summed E-state index contributed by atoms with van der Waals surface area (Å²) in [5, 5.41) is 0. The third-order valence-electron chi connectivity index (χ3n) is 0. The summed E-state index contributed by atoms with van der Waals surface area (Å²) in [6, 6.07) is 0. The van der Waals surface area contributed by atoms with E-state index in [1.54, 1.807) is 0 Å². The normalized spacial score (nSPS) is 5.00. The van der Waals surface area contributed by atoms with Gasteiger partial charge in [0.15, 0.2) is 0 Å².